The van der Waals surface area contributed by atoms with Crippen LogP contribution < -0.4 is 9.84 Å². The monoisotopic (exact) mass is 474 g/mol. The van der Waals surface area contributed by atoms with Crippen LogP contribution in [0.15, 0.2) is 48.5 Å². The van der Waals surface area contributed by atoms with Gasteiger partial charge in [-0.3, -0.25) is 0 Å². The Hall–Kier alpha value is -2.96. The van der Waals surface area contributed by atoms with Gasteiger partial charge in [0.2, 0.25) is 0 Å². The van der Waals surface area contributed by atoms with E-state index >= 15 is 0 Å². The van der Waals surface area contributed by atoms with E-state index in [2.05, 4.69) is 4.98 Å². The lowest BCUT2D eigenvalue weighted by molar-refractivity contribution is -0.255. The number of ether oxygens (including phenoxy) is 1. The summed E-state index contributed by atoms with van der Waals surface area (Å²) in [6.07, 6.45) is 2.20. The Morgan fingerprint density at radius 3 is 2.53 bits per heavy atom. The molecular weight excluding hydrogens is 459 g/mol. The third kappa shape index (κ3) is 4.61. The van der Waals surface area contributed by atoms with Gasteiger partial charge in [0.1, 0.15) is 24.0 Å². The smallest absolute Gasteiger partial charge is 0.132 e. The van der Waals surface area contributed by atoms with E-state index in [0.29, 0.717) is 34.9 Å². The molecule has 32 heavy (non-hydrogen) atoms. The number of aromatic nitrogens is 1. The number of carbonyl (C=O) groups excluding carboxylic acids is 1. The zero-order chi connectivity index (χ0) is 22.8. The number of carbonyl (C=O) groups is 1. The molecule has 4 rings (SSSR count). The van der Waals surface area contributed by atoms with Crippen molar-refractivity contribution < 1.29 is 23.4 Å². The predicted octanol–water partition coefficient (Wildman–Crippen LogP) is 5.70. The van der Waals surface area contributed by atoms with E-state index in [1.165, 1.54) is 12.1 Å². The van der Waals surface area contributed by atoms with Crippen LogP contribution in [0.4, 0.5) is 8.78 Å². The molecule has 164 valence electrons. The number of nitrogens with zero attached hydrogens (tertiary/aromatic N) is 1. The van der Waals surface area contributed by atoms with E-state index in [-0.39, 0.29) is 22.9 Å². The van der Waals surface area contributed by atoms with Crippen LogP contribution in [-0.4, -0.2) is 11.0 Å². The Kier molecular flexibility index (Phi) is 6.44. The molecule has 0 amide bonds. The van der Waals surface area contributed by atoms with E-state index in [1.54, 1.807) is 24.3 Å². The molecule has 1 aliphatic rings. The molecule has 1 aromatic heterocycles. The molecule has 0 N–H and O–H groups in total. The number of rotatable bonds is 6. The summed E-state index contributed by atoms with van der Waals surface area (Å²) >= 11 is 12.5. The summed E-state index contributed by atoms with van der Waals surface area (Å²) in [5, 5.41) is 11.8. The average molecular weight is 475 g/mol. The van der Waals surface area contributed by atoms with E-state index in [1.807, 2.05) is 0 Å². The summed E-state index contributed by atoms with van der Waals surface area (Å²) in [4.78, 5) is 15.4. The lowest BCUT2D eigenvalue weighted by atomic mass is 9.98. The number of allylic oxidation sites excluding steroid dienone is 2. The van der Waals surface area contributed by atoms with Gasteiger partial charge in [0.25, 0.3) is 0 Å². The Morgan fingerprint density at radius 1 is 1.03 bits per heavy atom. The van der Waals surface area contributed by atoms with Crippen LogP contribution in [0.3, 0.4) is 0 Å². The number of carboxylic acids is 1. The van der Waals surface area contributed by atoms with Crippen LogP contribution in [-0.2, 0) is 6.61 Å². The zero-order valence-electron chi connectivity index (χ0n) is 16.6. The minimum atomic E-state index is -1.35. The van der Waals surface area contributed by atoms with Gasteiger partial charge in [-0.25, -0.2) is 13.8 Å². The largest absolute Gasteiger partial charge is 0.543 e. The quantitative estimate of drug-likeness (QED) is 0.459. The number of benzene rings is 2. The maximum atomic E-state index is 14.0. The second-order valence-electron chi connectivity index (χ2n) is 7.29. The van der Waals surface area contributed by atoms with Gasteiger partial charge in [-0.05, 0) is 60.7 Å². The molecule has 0 radical (unpaired) electrons. The maximum absolute atomic E-state index is 14.0. The molecule has 0 spiro atoms. The Balaban J connectivity index is 1.75. The number of pyridine rings is 1. The molecule has 3 aromatic rings. The highest BCUT2D eigenvalue weighted by Crippen LogP contribution is 2.44. The van der Waals surface area contributed by atoms with Crippen molar-refractivity contribution >= 4 is 40.3 Å². The molecule has 0 unspecified atom stereocenters. The summed E-state index contributed by atoms with van der Waals surface area (Å²) in [6.45, 7) is -0.141. The molecule has 0 bridgehead atoms. The first kappa shape index (κ1) is 22.2. The van der Waals surface area contributed by atoms with Crippen molar-refractivity contribution in [2.45, 2.75) is 25.9 Å². The SMILES string of the molecule is O=C([O-])c1cccc(C2=C(c3cc(Cl)c(Cl)cc3OCc3ccc(F)cc3F)CCC2)n1. The van der Waals surface area contributed by atoms with Gasteiger partial charge in [-0.15, -0.1) is 0 Å². The molecule has 0 atom stereocenters. The Bertz CT molecular complexity index is 1240. The number of halogens is 4. The van der Waals surface area contributed by atoms with Crippen molar-refractivity contribution in [1.29, 1.82) is 0 Å². The van der Waals surface area contributed by atoms with Crippen LogP contribution in [0.5, 0.6) is 5.75 Å². The molecule has 0 fully saturated rings. The van der Waals surface area contributed by atoms with Gasteiger partial charge in [0, 0.05) is 23.3 Å². The standard InChI is InChI=1S/C24H17Cl2F2NO3/c25-18-10-17(15-3-1-4-16(15)21-5-2-6-22(29-21)24(30)31)23(11-19(18)26)32-12-13-7-8-14(27)9-20(13)28/h2,5-11H,1,3-4,12H2,(H,30,31)/p-1. The third-order valence-corrected chi connectivity index (χ3v) is 5.95. The minimum absolute atomic E-state index is 0.141. The topological polar surface area (TPSA) is 62.2 Å². The summed E-state index contributed by atoms with van der Waals surface area (Å²) in [5.41, 5.74) is 2.98. The third-order valence-electron chi connectivity index (χ3n) is 5.23. The minimum Gasteiger partial charge on any atom is -0.543 e. The van der Waals surface area contributed by atoms with E-state index in [0.717, 1.165) is 29.7 Å². The molecule has 1 aliphatic carbocycles. The van der Waals surface area contributed by atoms with Crippen molar-refractivity contribution in [2.24, 2.45) is 0 Å². The lowest BCUT2D eigenvalue weighted by Crippen LogP contribution is -2.23. The highest BCUT2D eigenvalue weighted by atomic mass is 35.5. The number of hydrogen-bond acceptors (Lipinski definition) is 4. The van der Waals surface area contributed by atoms with Crippen molar-refractivity contribution in [1.82, 2.24) is 4.98 Å². The van der Waals surface area contributed by atoms with Crippen LogP contribution in [0.25, 0.3) is 11.1 Å². The molecule has 0 aliphatic heterocycles. The predicted molar refractivity (Wildman–Crippen MR) is 116 cm³/mol. The number of hydrogen-bond donors (Lipinski definition) is 0. The summed E-state index contributed by atoms with van der Waals surface area (Å²) < 4.78 is 33.1. The number of aromatic carboxylic acids is 1. The van der Waals surface area contributed by atoms with Gasteiger partial charge in [-0.1, -0.05) is 29.3 Å². The normalized spacial score (nSPS) is 13.5. The van der Waals surface area contributed by atoms with Gasteiger partial charge in [0.15, 0.2) is 0 Å². The van der Waals surface area contributed by atoms with E-state index in [9.17, 15) is 18.7 Å². The molecule has 1 heterocycles. The van der Waals surface area contributed by atoms with Crippen molar-refractivity contribution in [2.75, 3.05) is 0 Å². The highest BCUT2D eigenvalue weighted by Gasteiger charge is 2.23. The molecule has 8 heteroatoms. The summed E-state index contributed by atoms with van der Waals surface area (Å²) in [6, 6.07) is 11.2. The second kappa shape index (κ2) is 9.27. The number of carboxylic acid groups (broad SMARTS) is 1. The average Bonchev–Trinajstić information content (AvgIpc) is 3.25. The summed E-state index contributed by atoms with van der Waals surface area (Å²) in [5.74, 6) is -2.36. The van der Waals surface area contributed by atoms with Crippen molar-refractivity contribution in [3.05, 3.63) is 92.7 Å². The van der Waals surface area contributed by atoms with Crippen LogP contribution in [0.1, 0.15) is 46.6 Å². The molecule has 0 saturated carbocycles. The van der Waals surface area contributed by atoms with Crippen LogP contribution in [0.2, 0.25) is 10.0 Å². The fourth-order valence-electron chi connectivity index (χ4n) is 3.72. The highest BCUT2D eigenvalue weighted by molar-refractivity contribution is 6.42. The Labute approximate surface area is 193 Å². The fraction of sp³-hybridized carbons (Fsp3) is 0.167. The molecule has 4 nitrogen and oxygen atoms in total. The first-order valence-electron chi connectivity index (χ1n) is 9.80. The zero-order valence-corrected chi connectivity index (χ0v) is 18.1. The lowest BCUT2D eigenvalue weighted by Gasteiger charge is -2.16. The van der Waals surface area contributed by atoms with Gasteiger partial charge < -0.3 is 14.6 Å². The first-order valence-corrected chi connectivity index (χ1v) is 10.6. The fourth-order valence-corrected chi connectivity index (χ4v) is 4.04. The van der Waals surface area contributed by atoms with E-state index in [4.69, 9.17) is 27.9 Å². The van der Waals surface area contributed by atoms with Gasteiger partial charge >= 0.3 is 0 Å². The van der Waals surface area contributed by atoms with Crippen LogP contribution >= 0.6 is 23.2 Å². The maximum Gasteiger partial charge on any atom is 0.132 e. The molecule has 2 aromatic carbocycles. The second-order valence-corrected chi connectivity index (χ2v) is 8.11. The first-order chi connectivity index (χ1) is 15.3. The van der Waals surface area contributed by atoms with Gasteiger partial charge in [-0.2, -0.15) is 0 Å². The molecule has 0 saturated heterocycles. The van der Waals surface area contributed by atoms with Crippen LogP contribution in [0, 0.1) is 11.6 Å². The Morgan fingerprint density at radius 2 is 1.78 bits per heavy atom. The van der Waals surface area contributed by atoms with Crippen molar-refractivity contribution in [3.8, 4) is 5.75 Å². The van der Waals surface area contributed by atoms with Gasteiger partial charge in [0.05, 0.1) is 27.4 Å². The molecular formula is C24H16Cl2F2NO3-. The van der Waals surface area contributed by atoms with Crippen molar-refractivity contribution in [3.63, 3.8) is 0 Å². The summed E-state index contributed by atoms with van der Waals surface area (Å²) in [7, 11) is 0. The van der Waals surface area contributed by atoms with E-state index < -0.39 is 17.6 Å².